The van der Waals surface area contributed by atoms with Crippen LogP contribution in [0.15, 0.2) is 30.9 Å². The summed E-state index contributed by atoms with van der Waals surface area (Å²) in [6.45, 7) is 1.96. The van der Waals surface area contributed by atoms with E-state index in [0.717, 1.165) is 0 Å². The van der Waals surface area contributed by atoms with Crippen LogP contribution in [0.3, 0.4) is 0 Å². The van der Waals surface area contributed by atoms with Crippen molar-refractivity contribution >= 4 is 17.1 Å². The Morgan fingerprint density at radius 2 is 2.14 bits per heavy atom. The molecule has 9 nitrogen and oxygen atoms in total. The van der Waals surface area contributed by atoms with Crippen molar-refractivity contribution in [1.29, 1.82) is 0 Å². The predicted molar refractivity (Wildman–Crippen MR) is 103 cm³/mol. The van der Waals surface area contributed by atoms with Gasteiger partial charge in [-0.05, 0) is 31.4 Å². The Morgan fingerprint density at radius 3 is 2.90 bits per heavy atom. The zero-order valence-electron chi connectivity index (χ0n) is 16.0. The van der Waals surface area contributed by atoms with Crippen molar-refractivity contribution in [3.63, 3.8) is 0 Å². The van der Waals surface area contributed by atoms with Gasteiger partial charge < -0.3 is 15.2 Å². The minimum atomic E-state index is -0.626. The highest BCUT2D eigenvalue weighted by Crippen LogP contribution is 2.37. The number of anilines is 1. The lowest BCUT2D eigenvalue weighted by atomic mass is 9.74. The number of methoxy groups -OCH3 is 1. The predicted octanol–water partition coefficient (Wildman–Crippen LogP) is 2.30. The monoisotopic (exact) mass is 397 g/mol. The van der Waals surface area contributed by atoms with Gasteiger partial charge in [0.1, 0.15) is 11.8 Å². The molecule has 0 spiro atoms. The molecule has 1 aliphatic rings. The highest BCUT2D eigenvalue weighted by Gasteiger charge is 2.41. The van der Waals surface area contributed by atoms with Gasteiger partial charge in [-0.3, -0.25) is 0 Å². The Labute approximate surface area is 165 Å². The molecule has 0 aliphatic heterocycles. The third-order valence-corrected chi connectivity index (χ3v) is 5.55. The summed E-state index contributed by atoms with van der Waals surface area (Å²) >= 11 is 0. The summed E-state index contributed by atoms with van der Waals surface area (Å²) in [5.41, 5.74) is 1.40. The average molecular weight is 397 g/mol. The standard InChI is InChI=1S/C19H20FN7O2/c1-3-19(28)6-12(7-19)23-18-24-17(29-2)16-15(13(20)9-27(16)25-18)11-4-5-14-21-10-22-26(14)8-11/h4-5,8-10,12,28H,3,6-7H2,1-2H3,(H,23,25). The summed E-state index contributed by atoms with van der Waals surface area (Å²) in [5.74, 6) is 0.133. The lowest BCUT2D eigenvalue weighted by Gasteiger charge is -2.43. The van der Waals surface area contributed by atoms with E-state index in [-0.39, 0.29) is 11.9 Å². The third-order valence-electron chi connectivity index (χ3n) is 5.55. The highest BCUT2D eigenvalue weighted by molar-refractivity contribution is 5.85. The molecular weight excluding hydrogens is 377 g/mol. The van der Waals surface area contributed by atoms with Gasteiger partial charge in [0.05, 0.1) is 24.5 Å². The lowest BCUT2D eigenvalue weighted by Crippen LogP contribution is -2.50. The minimum Gasteiger partial charge on any atom is -0.479 e. The van der Waals surface area contributed by atoms with Gasteiger partial charge in [0.15, 0.2) is 11.5 Å². The number of hydrogen-bond donors (Lipinski definition) is 2. The first kappa shape index (κ1) is 17.8. The minimum absolute atomic E-state index is 0.0664. The number of rotatable bonds is 5. The average Bonchev–Trinajstić information content (AvgIpc) is 3.28. The summed E-state index contributed by atoms with van der Waals surface area (Å²) in [6, 6.07) is 3.60. The Balaban J connectivity index is 1.55. The smallest absolute Gasteiger partial charge is 0.244 e. The highest BCUT2D eigenvalue weighted by atomic mass is 19.1. The molecule has 0 unspecified atom stereocenters. The number of ether oxygens (including phenoxy) is 1. The van der Waals surface area contributed by atoms with E-state index < -0.39 is 11.4 Å². The number of fused-ring (bicyclic) bond motifs is 2. The molecule has 4 heterocycles. The number of hydrogen-bond acceptors (Lipinski definition) is 7. The molecule has 4 aromatic rings. The summed E-state index contributed by atoms with van der Waals surface area (Å²) in [4.78, 5) is 8.52. The van der Waals surface area contributed by atoms with Crippen molar-refractivity contribution in [3.8, 4) is 17.0 Å². The molecule has 5 rings (SSSR count). The lowest BCUT2D eigenvalue weighted by molar-refractivity contribution is -0.0442. The largest absolute Gasteiger partial charge is 0.479 e. The molecule has 150 valence electrons. The maximum Gasteiger partial charge on any atom is 0.244 e. The molecule has 29 heavy (non-hydrogen) atoms. The number of pyridine rings is 1. The Hall–Kier alpha value is -3.27. The summed E-state index contributed by atoms with van der Waals surface area (Å²) < 4.78 is 23.4. The molecule has 1 aliphatic carbocycles. The molecule has 2 N–H and O–H groups in total. The molecular formula is C19H20FN7O2. The van der Waals surface area contributed by atoms with Crippen LogP contribution in [-0.2, 0) is 0 Å². The van der Waals surface area contributed by atoms with E-state index in [0.29, 0.717) is 47.5 Å². The van der Waals surface area contributed by atoms with Crippen molar-refractivity contribution in [1.82, 2.24) is 29.2 Å². The van der Waals surface area contributed by atoms with Crippen molar-refractivity contribution < 1.29 is 14.2 Å². The van der Waals surface area contributed by atoms with Gasteiger partial charge in [0.2, 0.25) is 11.8 Å². The van der Waals surface area contributed by atoms with Crippen LogP contribution in [0.4, 0.5) is 10.3 Å². The summed E-state index contributed by atoms with van der Waals surface area (Å²) in [7, 11) is 1.49. The fourth-order valence-electron chi connectivity index (χ4n) is 3.90. The summed E-state index contributed by atoms with van der Waals surface area (Å²) in [6.07, 6.45) is 6.39. The number of halogens is 1. The normalized spacial score (nSPS) is 21.4. The van der Waals surface area contributed by atoms with E-state index in [2.05, 4.69) is 25.5 Å². The van der Waals surface area contributed by atoms with Crippen LogP contribution < -0.4 is 10.1 Å². The van der Waals surface area contributed by atoms with Crippen LogP contribution in [0.25, 0.3) is 22.3 Å². The fourth-order valence-corrected chi connectivity index (χ4v) is 3.90. The molecule has 4 aromatic heterocycles. The molecule has 0 saturated heterocycles. The molecule has 0 aromatic carbocycles. The fraction of sp³-hybridized carbons (Fsp3) is 0.368. The maximum atomic E-state index is 14.9. The second-order valence-electron chi connectivity index (χ2n) is 7.40. The molecule has 0 bridgehead atoms. The second-order valence-corrected chi connectivity index (χ2v) is 7.40. The number of nitrogens with one attached hydrogen (secondary N) is 1. The van der Waals surface area contributed by atoms with Gasteiger partial charge >= 0.3 is 0 Å². The van der Waals surface area contributed by atoms with Crippen LogP contribution in [0, 0.1) is 5.82 Å². The first-order valence-electron chi connectivity index (χ1n) is 9.41. The van der Waals surface area contributed by atoms with Crippen LogP contribution in [0.2, 0.25) is 0 Å². The van der Waals surface area contributed by atoms with Gasteiger partial charge in [-0.25, -0.2) is 18.4 Å². The molecule has 10 heteroatoms. The van der Waals surface area contributed by atoms with E-state index in [1.165, 1.54) is 24.1 Å². The Morgan fingerprint density at radius 1 is 1.31 bits per heavy atom. The van der Waals surface area contributed by atoms with Crippen molar-refractivity contribution in [2.45, 2.75) is 37.8 Å². The van der Waals surface area contributed by atoms with Crippen LogP contribution >= 0.6 is 0 Å². The quantitative estimate of drug-likeness (QED) is 0.533. The van der Waals surface area contributed by atoms with Crippen molar-refractivity contribution in [2.24, 2.45) is 0 Å². The van der Waals surface area contributed by atoms with E-state index in [9.17, 15) is 9.50 Å². The Bertz CT molecular complexity index is 1210. The van der Waals surface area contributed by atoms with E-state index in [1.807, 2.05) is 6.92 Å². The Kier molecular flexibility index (Phi) is 3.91. The molecule has 1 fully saturated rings. The molecule has 1 saturated carbocycles. The molecule has 0 atom stereocenters. The first-order valence-corrected chi connectivity index (χ1v) is 9.41. The number of aromatic nitrogens is 6. The van der Waals surface area contributed by atoms with E-state index in [4.69, 9.17) is 4.74 Å². The van der Waals surface area contributed by atoms with Gasteiger partial charge in [-0.15, -0.1) is 5.10 Å². The van der Waals surface area contributed by atoms with E-state index >= 15 is 0 Å². The van der Waals surface area contributed by atoms with Crippen LogP contribution in [0.1, 0.15) is 26.2 Å². The second kappa shape index (κ2) is 6.38. The third kappa shape index (κ3) is 2.87. The topological polar surface area (TPSA) is 102 Å². The first-order chi connectivity index (χ1) is 14.0. The van der Waals surface area contributed by atoms with Gasteiger partial charge in [-0.2, -0.15) is 10.1 Å². The maximum absolute atomic E-state index is 14.9. The van der Waals surface area contributed by atoms with Crippen molar-refractivity contribution in [2.75, 3.05) is 12.4 Å². The SMILES string of the molecule is CCC1(O)CC(Nc2nc(OC)c3c(-c4ccc5ncnn5c4)c(F)cn3n2)C1. The number of nitrogens with zero attached hydrogens (tertiary/aromatic N) is 6. The summed E-state index contributed by atoms with van der Waals surface area (Å²) in [5, 5.41) is 21.9. The van der Waals surface area contributed by atoms with Crippen LogP contribution in [0.5, 0.6) is 5.88 Å². The van der Waals surface area contributed by atoms with Gasteiger partial charge in [0.25, 0.3) is 0 Å². The zero-order chi connectivity index (χ0) is 20.2. The zero-order valence-corrected chi connectivity index (χ0v) is 16.0. The van der Waals surface area contributed by atoms with E-state index in [1.54, 1.807) is 22.8 Å². The molecule has 0 amide bonds. The molecule has 0 radical (unpaired) electrons. The van der Waals surface area contributed by atoms with Gasteiger partial charge in [0, 0.05) is 17.8 Å². The number of aliphatic hydroxyl groups is 1. The van der Waals surface area contributed by atoms with Crippen molar-refractivity contribution in [3.05, 3.63) is 36.7 Å². The van der Waals surface area contributed by atoms with Crippen LogP contribution in [-0.4, -0.2) is 53.1 Å². The van der Waals surface area contributed by atoms with Gasteiger partial charge in [-0.1, -0.05) is 6.92 Å².